The van der Waals surface area contributed by atoms with Crippen LogP contribution in [0.5, 0.6) is 5.75 Å². The molecule has 136 valence electrons. The van der Waals surface area contributed by atoms with Crippen LogP contribution in [0.25, 0.3) is 10.2 Å². The molecular formula is C20H22N2O2S2. The number of carbonyl (C=O) groups excluding carboxylic acids is 1. The molecule has 6 heteroatoms. The van der Waals surface area contributed by atoms with Gasteiger partial charge in [0.25, 0.3) is 0 Å². The van der Waals surface area contributed by atoms with Gasteiger partial charge in [0, 0.05) is 5.69 Å². The number of anilines is 1. The van der Waals surface area contributed by atoms with E-state index >= 15 is 0 Å². The Labute approximate surface area is 162 Å². The van der Waals surface area contributed by atoms with Crippen LogP contribution in [0.4, 0.5) is 5.69 Å². The molecule has 3 rings (SSSR count). The Bertz CT molecular complexity index is 813. The van der Waals surface area contributed by atoms with Crippen molar-refractivity contribution in [3.63, 3.8) is 0 Å². The predicted octanol–water partition coefficient (Wildman–Crippen LogP) is 5.60. The van der Waals surface area contributed by atoms with Crippen molar-refractivity contribution >= 4 is 44.9 Å². The maximum Gasteiger partial charge on any atom is 0.234 e. The second-order valence-electron chi connectivity index (χ2n) is 5.86. The van der Waals surface area contributed by atoms with E-state index in [0.29, 0.717) is 5.75 Å². The monoisotopic (exact) mass is 386 g/mol. The number of aromatic nitrogens is 1. The van der Waals surface area contributed by atoms with Gasteiger partial charge in [-0.25, -0.2) is 4.98 Å². The molecule has 1 amide bonds. The van der Waals surface area contributed by atoms with Gasteiger partial charge in [0.15, 0.2) is 4.34 Å². The zero-order valence-corrected chi connectivity index (χ0v) is 16.4. The zero-order chi connectivity index (χ0) is 18.2. The molecule has 0 fully saturated rings. The molecule has 3 aromatic rings. The summed E-state index contributed by atoms with van der Waals surface area (Å²) in [7, 11) is 0. The van der Waals surface area contributed by atoms with Crippen molar-refractivity contribution in [2.45, 2.75) is 30.5 Å². The topological polar surface area (TPSA) is 51.2 Å². The maximum absolute atomic E-state index is 12.1. The highest BCUT2D eigenvalue weighted by Gasteiger charge is 2.08. The Hall–Kier alpha value is -2.05. The average Bonchev–Trinajstić information content (AvgIpc) is 3.08. The predicted molar refractivity (Wildman–Crippen MR) is 110 cm³/mol. The molecule has 0 aliphatic heterocycles. The summed E-state index contributed by atoms with van der Waals surface area (Å²) in [4.78, 5) is 16.7. The lowest BCUT2D eigenvalue weighted by molar-refractivity contribution is -0.113. The highest BCUT2D eigenvalue weighted by Crippen LogP contribution is 2.29. The van der Waals surface area contributed by atoms with Crippen LogP contribution in [0, 0.1) is 0 Å². The summed E-state index contributed by atoms with van der Waals surface area (Å²) < 4.78 is 7.74. The van der Waals surface area contributed by atoms with Crippen LogP contribution in [0.15, 0.2) is 52.9 Å². The number of hydrogen-bond donors (Lipinski definition) is 1. The molecule has 26 heavy (non-hydrogen) atoms. The lowest BCUT2D eigenvalue weighted by Gasteiger charge is -2.08. The summed E-state index contributed by atoms with van der Waals surface area (Å²) in [5.74, 6) is 1.14. The van der Waals surface area contributed by atoms with E-state index in [-0.39, 0.29) is 5.91 Å². The standard InChI is InChI=1S/C20H22N2O2S2/c1-2-3-6-13-24-16-11-9-15(10-12-16)21-19(23)14-25-20-22-17-7-4-5-8-18(17)26-20/h4-5,7-12H,2-3,6,13-14H2,1H3,(H,21,23). The van der Waals surface area contributed by atoms with Crippen molar-refractivity contribution in [3.05, 3.63) is 48.5 Å². The number of benzene rings is 2. The third-order valence-electron chi connectivity index (χ3n) is 3.76. The van der Waals surface area contributed by atoms with Gasteiger partial charge in [-0.05, 0) is 42.8 Å². The number of fused-ring (bicyclic) bond motifs is 1. The number of amides is 1. The van der Waals surface area contributed by atoms with Gasteiger partial charge in [0.05, 0.1) is 22.6 Å². The van der Waals surface area contributed by atoms with E-state index in [1.807, 2.05) is 48.5 Å². The molecule has 0 aliphatic rings. The molecule has 1 N–H and O–H groups in total. The molecule has 0 spiro atoms. The number of ether oxygens (including phenoxy) is 1. The Morgan fingerprint density at radius 1 is 1.15 bits per heavy atom. The normalized spacial score (nSPS) is 10.8. The first-order chi connectivity index (χ1) is 12.7. The van der Waals surface area contributed by atoms with Crippen molar-refractivity contribution in [1.82, 2.24) is 4.98 Å². The zero-order valence-electron chi connectivity index (χ0n) is 14.7. The van der Waals surface area contributed by atoms with Crippen LogP contribution in [-0.2, 0) is 4.79 Å². The summed E-state index contributed by atoms with van der Waals surface area (Å²) in [5, 5.41) is 2.91. The van der Waals surface area contributed by atoms with E-state index in [0.717, 1.165) is 39.0 Å². The molecule has 0 atom stereocenters. The van der Waals surface area contributed by atoms with Gasteiger partial charge in [-0.15, -0.1) is 11.3 Å². The molecule has 0 saturated heterocycles. The number of nitrogens with one attached hydrogen (secondary N) is 1. The number of nitrogens with zero attached hydrogens (tertiary/aromatic N) is 1. The van der Waals surface area contributed by atoms with E-state index in [4.69, 9.17) is 4.74 Å². The minimum atomic E-state index is -0.0362. The lowest BCUT2D eigenvalue weighted by Crippen LogP contribution is -2.13. The number of para-hydroxylation sites is 1. The molecule has 4 nitrogen and oxygen atoms in total. The highest BCUT2D eigenvalue weighted by atomic mass is 32.2. The van der Waals surface area contributed by atoms with Crippen LogP contribution in [0.2, 0.25) is 0 Å². The van der Waals surface area contributed by atoms with Gasteiger partial charge in [-0.1, -0.05) is 43.7 Å². The SMILES string of the molecule is CCCCCOc1ccc(NC(=O)CSc2nc3ccccc3s2)cc1. The van der Waals surface area contributed by atoms with Crippen LogP contribution in [0.1, 0.15) is 26.2 Å². The molecule has 2 aromatic carbocycles. The van der Waals surface area contributed by atoms with Gasteiger partial charge in [-0.2, -0.15) is 0 Å². The van der Waals surface area contributed by atoms with Crippen molar-refractivity contribution in [2.24, 2.45) is 0 Å². The van der Waals surface area contributed by atoms with Crippen molar-refractivity contribution in [2.75, 3.05) is 17.7 Å². The third kappa shape index (κ3) is 5.47. The van der Waals surface area contributed by atoms with Crippen LogP contribution in [0.3, 0.4) is 0 Å². The van der Waals surface area contributed by atoms with E-state index in [2.05, 4.69) is 17.2 Å². The Balaban J connectivity index is 1.45. The van der Waals surface area contributed by atoms with E-state index in [1.165, 1.54) is 24.6 Å². The first-order valence-electron chi connectivity index (χ1n) is 8.75. The number of carbonyl (C=O) groups is 1. The smallest absolute Gasteiger partial charge is 0.234 e. The van der Waals surface area contributed by atoms with Gasteiger partial charge < -0.3 is 10.1 Å². The number of unbranched alkanes of at least 4 members (excludes halogenated alkanes) is 2. The molecule has 0 radical (unpaired) electrons. The third-order valence-corrected chi connectivity index (χ3v) is 5.94. The van der Waals surface area contributed by atoms with Gasteiger partial charge >= 0.3 is 0 Å². The Morgan fingerprint density at radius 3 is 2.73 bits per heavy atom. The van der Waals surface area contributed by atoms with E-state index < -0.39 is 0 Å². The number of thiazole rings is 1. The molecule has 1 heterocycles. The minimum Gasteiger partial charge on any atom is -0.494 e. The van der Waals surface area contributed by atoms with Gasteiger partial charge in [0.1, 0.15) is 5.75 Å². The molecular weight excluding hydrogens is 364 g/mol. The van der Waals surface area contributed by atoms with Crippen LogP contribution >= 0.6 is 23.1 Å². The fraction of sp³-hybridized carbons (Fsp3) is 0.300. The van der Waals surface area contributed by atoms with Crippen molar-refractivity contribution in [1.29, 1.82) is 0 Å². The van der Waals surface area contributed by atoms with E-state index in [9.17, 15) is 4.79 Å². The summed E-state index contributed by atoms with van der Waals surface area (Å²) in [6, 6.07) is 15.5. The molecule has 0 aliphatic carbocycles. The van der Waals surface area contributed by atoms with Gasteiger partial charge in [-0.3, -0.25) is 4.79 Å². The lowest BCUT2D eigenvalue weighted by atomic mass is 10.2. The Morgan fingerprint density at radius 2 is 1.96 bits per heavy atom. The summed E-state index contributed by atoms with van der Waals surface area (Å²) >= 11 is 3.08. The minimum absolute atomic E-state index is 0.0362. The molecule has 0 bridgehead atoms. The number of thioether (sulfide) groups is 1. The fourth-order valence-corrected chi connectivity index (χ4v) is 4.28. The average molecular weight is 387 g/mol. The maximum atomic E-state index is 12.1. The largest absolute Gasteiger partial charge is 0.494 e. The van der Waals surface area contributed by atoms with Gasteiger partial charge in [0.2, 0.25) is 5.91 Å². The molecule has 1 aromatic heterocycles. The number of hydrogen-bond acceptors (Lipinski definition) is 5. The quantitative estimate of drug-likeness (QED) is 0.384. The molecule has 0 saturated carbocycles. The summed E-state index contributed by atoms with van der Waals surface area (Å²) in [6.07, 6.45) is 3.43. The van der Waals surface area contributed by atoms with Crippen molar-refractivity contribution in [3.8, 4) is 5.75 Å². The second kappa shape index (κ2) is 9.59. The van der Waals surface area contributed by atoms with Crippen LogP contribution in [-0.4, -0.2) is 23.3 Å². The Kier molecular flexibility index (Phi) is 6.91. The first kappa shape index (κ1) is 18.7. The molecule has 0 unspecified atom stereocenters. The summed E-state index contributed by atoms with van der Waals surface area (Å²) in [6.45, 7) is 2.91. The number of rotatable bonds is 9. The first-order valence-corrected chi connectivity index (χ1v) is 10.6. The summed E-state index contributed by atoms with van der Waals surface area (Å²) in [5.41, 5.74) is 1.76. The van der Waals surface area contributed by atoms with Crippen LogP contribution < -0.4 is 10.1 Å². The van der Waals surface area contributed by atoms with Crippen molar-refractivity contribution < 1.29 is 9.53 Å². The fourth-order valence-electron chi connectivity index (χ4n) is 2.41. The van der Waals surface area contributed by atoms with E-state index in [1.54, 1.807) is 11.3 Å². The second-order valence-corrected chi connectivity index (χ2v) is 8.12. The highest BCUT2D eigenvalue weighted by molar-refractivity contribution is 8.01.